The second-order valence-electron chi connectivity index (χ2n) is 6.30. The van der Waals surface area contributed by atoms with Crippen LogP contribution in [0.3, 0.4) is 0 Å². The molecule has 1 N–H and O–H groups in total. The van der Waals surface area contributed by atoms with Gasteiger partial charge >= 0.3 is 0 Å². The molecule has 6 heteroatoms. The molecule has 0 heterocycles. The second kappa shape index (κ2) is 7.34. The van der Waals surface area contributed by atoms with Crippen molar-refractivity contribution in [3.8, 4) is 6.07 Å². The predicted octanol–water partition coefficient (Wildman–Crippen LogP) is 3.91. The molecule has 130 valence electrons. The van der Waals surface area contributed by atoms with E-state index in [0.29, 0.717) is 0 Å². The number of hydrogen-bond acceptors (Lipinski definition) is 3. The minimum Gasteiger partial charge on any atom is -0.207 e. The lowest BCUT2D eigenvalue weighted by atomic mass is 9.92. The van der Waals surface area contributed by atoms with Gasteiger partial charge < -0.3 is 0 Å². The van der Waals surface area contributed by atoms with E-state index in [2.05, 4.69) is 4.72 Å². The van der Waals surface area contributed by atoms with Crippen LogP contribution in [0.5, 0.6) is 0 Å². The summed E-state index contributed by atoms with van der Waals surface area (Å²) in [5.74, 6) is -0.193. The highest BCUT2D eigenvalue weighted by atomic mass is 32.2. The number of nitrogens with one attached hydrogen (secondary N) is 1. The van der Waals surface area contributed by atoms with Gasteiger partial charge in [-0.25, -0.2) is 17.5 Å². The molecular formula is C19H19FN2O2S. The van der Waals surface area contributed by atoms with Crippen molar-refractivity contribution in [2.24, 2.45) is 5.92 Å². The molecule has 0 aromatic heterocycles. The molecule has 25 heavy (non-hydrogen) atoms. The number of halogens is 1. The van der Waals surface area contributed by atoms with E-state index in [-0.39, 0.29) is 22.2 Å². The summed E-state index contributed by atoms with van der Waals surface area (Å²) in [7, 11) is -3.86. The molecule has 0 spiro atoms. The lowest BCUT2D eigenvalue weighted by Crippen LogP contribution is -2.33. The van der Waals surface area contributed by atoms with Gasteiger partial charge in [0.1, 0.15) is 11.9 Å². The maximum atomic E-state index is 13.3. The van der Waals surface area contributed by atoms with Gasteiger partial charge in [-0.05, 0) is 48.6 Å². The fraction of sp³-hybridized carbons (Fsp3) is 0.316. The molecule has 2 aromatic rings. The fourth-order valence-electron chi connectivity index (χ4n) is 3.42. The Morgan fingerprint density at radius 1 is 1.08 bits per heavy atom. The van der Waals surface area contributed by atoms with Gasteiger partial charge in [0, 0.05) is 6.04 Å². The Balaban J connectivity index is 1.97. The van der Waals surface area contributed by atoms with Crippen molar-refractivity contribution in [1.29, 1.82) is 5.26 Å². The fourth-order valence-corrected chi connectivity index (χ4v) is 4.87. The quantitative estimate of drug-likeness (QED) is 0.881. The van der Waals surface area contributed by atoms with Crippen molar-refractivity contribution in [1.82, 2.24) is 4.72 Å². The van der Waals surface area contributed by atoms with Gasteiger partial charge in [-0.1, -0.05) is 37.1 Å². The molecule has 0 amide bonds. The van der Waals surface area contributed by atoms with Crippen molar-refractivity contribution < 1.29 is 12.8 Å². The maximum absolute atomic E-state index is 13.3. The Morgan fingerprint density at radius 3 is 2.36 bits per heavy atom. The van der Waals surface area contributed by atoms with Gasteiger partial charge in [0.05, 0.1) is 10.5 Å². The smallest absolute Gasteiger partial charge is 0.207 e. The van der Waals surface area contributed by atoms with E-state index in [1.165, 1.54) is 24.3 Å². The van der Waals surface area contributed by atoms with Crippen LogP contribution in [0.2, 0.25) is 0 Å². The van der Waals surface area contributed by atoms with Crippen LogP contribution in [0.1, 0.15) is 42.9 Å². The molecule has 2 aromatic carbocycles. The molecule has 1 saturated carbocycles. The highest BCUT2D eigenvalue weighted by Gasteiger charge is 2.31. The molecule has 0 unspecified atom stereocenters. The van der Waals surface area contributed by atoms with Crippen molar-refractivity contribution in [3.63, 3.8) is 0 Å². The molecule has 1 aliphatic carbocycles. The molecule has 0 radical (unpaired) electrons. The van der Waals surface area contributed by atoms with E-state index < -0.39 is 16.1 Å². The Bertz CT molecular complexity index is 882. The van der Waals surface area contributed by atoms with E-state index in [1.54, 1.807) is 24.3 Å². The zero-order chi connectivity index (χ0) is 17.9. The van der Waals surface area contributed by atoms with Gasteiger partial charge in [-0.15, -0.1) is 0 Å². The summed E-state index contributed by atoms with van der Waals surface area (Å²) < 4.78 is 41.8. The average Bonchev–Trinajstić information content (AvgIpc) is 3.15. The van der Waals surface area contributed by atoms with E-state index in [0.717, 1.165) is 31.2 Å². The Morgan fingerprint density at radius 2 is 1.72 bits per heavy atom. The summed E-state index contributed by atoms with van der Waals surface area (Å²) in [5, 5.41) is 9.19. The number of nitriles is 1. The first-order valence-corrected chi connectivity index (χ1v) is 9.76. The third-order valence-corrected chi connectivity index (χ3v) is 6.18. The van der Waals surface area contributed by atoms with Gasteiger partial charge in [-0.2, -0.15) is 5.26 Å². The minimum absolute atomic E-state index is 0.0254. The van der Waals surface area contributed by atoms with Crippen LogP contribution in [-0.4, -0.2) is 8.42 Å². The third kappa shape index (κ3) is 3.89. The number of nitrogens with zero attached hydrogens (tertiary/aromatic N) is 1. The first kappa shape index (κ1) is 17.6. The van der Waals surface area contributed by atoms with E-state index >= 15 is 0 Å². The van der Waals surface area contributed by atoms with Gasteiger partial charge in [0.2, 0.25) is 10.0 Å². The summed E-state index contributed by atoms with van der Waals surface area (Å²) in [4.78, 5) is -0.0254. The lowest BCUT2D eigenvalue weighted by molar-refractivity contribution is 0.410. The maximum Gasteiger partial charge on any atom is 0.242 e. The summed E-state index contributed by atoms with van der Waals surface area (Å²) in [6, 6.07) is 13.6. The summed E-state index contributed by atoms with van der Waals surface area (Å²) in [6.07, 6.45) is 3.95. The number of hydrogen-bond donors (Lipinski definition) is 1. The number of benzene rings is 2. The van der Waals surface area contributed by atoms with Crippen molar-refractivity contribution >= 4 is 10.0 Å². The first-order valence-electron chi connectivity index (χ1n) is 8.28. The Kier molecular flexibility index (Phi) is 5.16. The first-order chi connectivity index (χ1) is 12.0. The minimum atomic E-state index is -3.86. The summed E-state index contributed by atoms with van der Waals surface area (Å²) in [6.45, 7) is 0. The van der Waals surface area contributed by atoms with Crippen LogP contribution in [0.4, 0.5) is 4.39 Å². The van der Waals surface area contributed by atoms with Crippen LogP contribution in [0.25, 0.3) is 0 Å². The topological polar surface area (TPSA) is 70.0 Å². The predicted molar refractivity (Wildman–Crippen MR) is 92.6 cm³/mol. The molecule has 1 fully saturated rings. The lowest BCUT2D eigenvalue weighted by Gasteiger charge is -2.25. The normalized spacial score (nSPS) is 16.5. The standard InChI is InChI=1S/C19H19FN2O2S/c20-17-11-9-15(10-12-17)19(14-5-1-2-6-14)22-25(23,24)18-8-4-3-7-16(18)13-21/h3-4,7-12,14,19,22H,1-2,5-6H2/t19-/m0/s1. The molecule has 0 aliphatic heterocycles. The molecular weight excluding hydrogens is 339 g/mol. The third-order valence-electron chi connectivity index (χ3n) is 4.68. The van der Waals surface area contributed by atoms with Crippen LogP contribution in [0.15, 0.2) is 53.4 Å². The van der Waals surface area contributed by atoms with E-state index in [9.17, 15) is 18.1 Å². The zero-order valence-corrected chi connectivity index (χ0v) is 14.5. The highest BCUT2D eigenvalue weighted by molar-refractivity contribution is 7.89. The molecule has 0 saturated heterocycles. The SMILES string of the molecule is N#Cc1ccccc1S(=O)(=O)N[C@H](c1ccc(F)cc1)C1CCCC1. The van der Waals surface area contributed by atoms with Crippen molar-refractivity contribution in [3.05, 3.63) is 65.5 Å². The summed E-state index contributed by atoms with van der Waals surface area (Å²) in [5.41, 5.74) is 0.852. The Hall–Kier alpha value is -2.23. The number of sulfonamides is 1. The van der Waals surface area contributed by atoms with Crippen LogP contribution < -0.4 is 4.72 Å². The van der Waals surface area contributed by atoms with Crippen LogP contribution >= 0.6 is 0 Å². The highest BCUT2D eigenvalue weighted by Crippen LogP contribution is 2.37. The molecule has 1 aliphatic rings. The van der Waals surface area contributed by atoms with Gasteiger partial charge in [-0.3, -0.25) is 0 Å². The van der Waals surface area contributed by atoms with Crippen LogP contribution in [-0.2, 0) is 10.0 Å². The van der Waals surface area contributed by atoms with Crippen molar-refractivity contribution in [2.45, 2.75) is 36.6 Å². The van der Waals surface area contributed by atoms with E-state index in [4.69, 9.17) is 0 Å². The second-order valence-corrected chi connectivity index (χ2v) is 7.99. The summed E-state index contributed by atoms with van der Waals surface area (Å²) >= 11 is 0. The van der Waals surface area contributed by atoms with Gasteiger partial charge in [0.15, 0.2) is 0 Å². The zero-order valence-electron chi connectivity index (χ0n) is 13.7. The van der Waals surface area contributed by atoms with Gasteiger partial charge in [0.25, 0.3) is 0 Å². The number of rotatable bonds is 5. The van der Waals surface area contributed by atoms with Crippen LogP contribution in [0, 0.1) is 23.1 Å². The largest absolute Gasteiger partial charge is 0.242 e. The van der Waals surface area contributed by atoms with Crippen molar-refractivity contribution in [2.75, 3.05) is 0 Å². The van der Waals surface area contributed by atoms with E-state index in [1.807, 2.05) is 6.07 Å². The molecule has 4 nitrogen and oxygen atoms in total. The molecule has 0 bridgehead atoms. The average molecular weight is 358 g/mol. The molecule has 3 rings (SSSR count). The molecule has 1 atom stereocenters. The Labute approximate surface area is 147 Å². The monoisotopic (exact) mass is 358 g/mol.